The number of benzene rings is 1. The van der Waals surface area contributed by atoms with Crippen LogP contribution in [0.3, 0.4) is 0 Å². The number of oxazole rings is 1. The lowest BCUT2D eigenvalue weighted by molar-refractivity contribution is -0.104. The minimum absolute atomic E-state index is 0.191. The van der Waals surface area contributed by atoms with E-state index in [2.05, 4.69) is 4.98 Å². The molecular formula is C15H15ClF2N2O2. The molecule has 0 spiro atoms. The first-order valence-corrected chi connectivity index (χ1v) is 7.32. The summed E-state index contributed by atoms with van der Waals surface area (Å²) in [6, 6.07) is 7.20. The molecule has 4 nitrogen and oxygen atoms in total. The standard InChI is InChI=1S/C15H15ClF2N2O2/c16-11-3-1-2-10(6-11)15-19-12(9-22-15)7-20-4-5-21-13(8-20)14(17)18/h1-3,6,9,13-14H,4-5,7-8H2. The van der Waals surface area contributed by atoms with Crippen molar-refractivity contribution < 1.29 is 17.9 Å². The molecule has 0 bridgehead atoms. The highest BCUT2D eigenvalue weighted by atomic mass is 35.5. The number of ether oxygens (including phenoxy) is 1. The molecule has 1 aromatic heterocycles. The normalized spacial score (nSPS) is 19.7. The van der Waals surface area contributed by atoms with Gasteiger partial charge in [-0.3, -0.25) is 4.90 Å². The molecule has 1 fully saturated rings. The van der Waals surface area contributed by atoms with E-state index in [0.29, 0.717) is 36.3 Å². The summed E-state index contributed by atoms with van der Waals surface area (Å²) in [5, 5.41) is 0.602. The summed E-state index contributed by atoms with van der Waals surface area (Å²) in [5.74, 6) is 0.469. The Morgan fingerprint density at radius 1 is 1.41 bits per heavy atom. The zero-order valence-corrected chi connectivity index (χ0v) is 12.5. The van der Waals surface area contributed by atoms with Crippen LogP contribution in [0.5, 0.6) is 0 Å². The van der Waals surface area contributed by atoms with Crippen LogP contribution < -0.4 is 0 Å². The largest absolute Gasteiger partial charge is 0.444 e. The molecule has 118 valence electrons. The molecule has 1 aromatic carbocycles. The number of hydrogen-bond donors (Lipinski definition) is 0. The molecule has 7 heteroatoms. The van der Waals surface area contributed by atoms with Crippen LogP contribution >= 0.6 is 11.6 Å². The van der Waals surface area contributed by atoms with Gasteiger partial charge in [0, 0.05) is 30.2 Å². The predicted molar refractivity (Wildman–Crippen MR) is 78.0 cm³/mol. The molecule has 0 amide bonds. The van der Waals surface area contributed by atoms with Gasteiger partial charge in [0.25, 0.3) is 6.43 Å². The van der Waals surface area contributed by atoms with Gasteiger partial charge >= 0.3 is 0 Å². The fourth-order valence-electron chi connectivity index (χ4n) is 2.39. The molecule has 0 aliphatic carbocycles. The van der Waals surface area contributed by atoms with Crippen LogP contribution in [0.25, 0.3) is 11.5 Å². The molecule has 1 aliphatic rings. The van der Waals surface area contributed by atoms with E-state index in [1.54, 1.807) is 18.4 Å². The molecule has 1 atom stereocenters. The molecule has 1 aliphatic heterocycles. The molecule has 0 radical (unpaired) electrons. The van der Waals surface area contributed by atoms with E-state index in [4.69, 9.17) is 20.8 Å². The average Bonchev–Trinajstić information content (AvgIpc) is 2.96. The molecule has 3 rings (SSSR count). The molecule has 1 saturated heterocycles. The van der Waals surface area contributed by atoms with Gasteiger partial charge in [-0.15, -0.1) is 0 Å². The van der Waals surface area contributed by atoms with E-state index >= 15 is 0 Å². The Morgan fingerprint density at radius 3 is 3.05 bits per heavy atom. The van der Waals surface area contributed by atoms with Crippen LogP contribution in [-0.2, 0) is 11.3 Å². The third kappa shape index (κ3) is 3.63. The number of aromatic nitrogens is 1. The number of rotatable bonds is 4. The highest BCUT2D eigenvalue weighted by Crippen LogP contribution is 2.23. The highest BCUT2D eigenvalue weighted by molar-refractivity contribution is 6.30. The first-order valence-electron chi connectivity index (χ1n) is 6.94. The van der Waals surface area contributed by atoms with Crippen molar-refractivity contribution in [3.63, 3.8) is 0 Å². The number of alkyl halides is 2. The van der Waals surface area contributed by atoms with Gasteiger partial charge < -0.3 is 9.15 Å². The van der Waals surface area contributed by atoms with Crippen LogP contribution in [0.1, 0.15) is 5.69 Å². The van der Waals surface area contributed by atoms with Gasteiger partial charge in [0.05, 0.1) is 12.3 Å². The SMILES string of the molecule is FC(F)C1CN(Cc2coc(-c3cccc(Cl)c3)n2)CCO1. The number of halogens is 3. The minimum atomic E-state index is -2.47. The second-order valence-electron chi connectivity index (χ2n) is 5.13. The van der Waals surface area contributed by atoms with Crippen molar-refractivity contribution in [2.75, 3.05) is 19.7 Å². The second-order valence-corrected chi connectivity index (χ2v) is 5.57. The summed E-state index contributed by atoms with van der Waals surface area (Å²) in [7, 11) is 0. The third-order valence-electron chi connectivity index (χ3n) is 3.47. The molecule has 1 unspecified atom stereocenters. The van der Waals surface area contributed by atoms with Crippen LogP contribution in [0.15, 0.2) is 34.9 Å². The van der Waals surface area contributed by atoms with Gasteiger partial charge in [-0.1, -0.05) is 17.7 Å². The van der Waals surface area contributed by atoms with Crippen molar-refractivity contribution in [2.24, 2.45) is 0 Å². The van der Waals surface area contributed by atoms with Crippen molar-refractivity contribution >= 4 is 11.6 Å². The quantitative estimate of drug-likeness (QED) is 0.861. The Balaban J connectivity index is 1.67. The van der Waals surface area contributed by atoms with Crippen molar-refractivity contribution in [1.29, 1.82) is 0 Å². The van der Waals surface area contributed by atoms with Gasteiger partial charge in [0.1, 0.15) is 12.4 Å². The zero-order chi connectivity index (χ0) is 15.5. The van der Waals surface area contributed by atoms with Crippen LogP contribution in [0.4, 0.5) is 8.78 Å². The van der Waals surface area contributed by atoms with E-state index in [-0.39, 0.29) is 6.54 Å². The summed E-state index contributed by atoms with van der Waals surface area (Å²) in [6.07, 6.45) is -1.96. The van der Waals surface area contributed by atoms with E-state index in [1.807, 2.05) is 17.0 Å². The van der Waals surface area contributed by atoms with Crippen LogP contribution in [0.2, 0.25) is 5.02 Å². The Bertz CT molecular complexity index is 636. The lowest BCUT2D eigenvalue weighted by Gasteiger charge is -2.31. The van der Waals surface area contributed by atoms with Crippen LogP contribution in [-0.4, -0.2) is 42.1 Å². The fourth-order valence-corrected chi connectivity index (χ4v) is 2.58. The van der Waals surface area contributed by atoms with Crippen molar-refractivity contribution in [2.45, 2.75) is 19.1 Å². The second kappa shape index (κ2) is 6.73. The summed E-state index contributed by atoms with van der Waals surface area (Å²) in [6.45, 7) is 1.55. The number of hydrogen-bond acceptors (Lipinski definition) is 4. The third-order valence-corrected chi connectivity index (χ3v) is 3.70. The van der Waals surface area contributed by atoms with E-state index in [0.717, 1.165) is 5.56 Å². The van der Waals surface area contributed by atoms with E-state index in [9.17, 15) is 8.78 Å². The molecule has 22 heavy (non-hydrogen) atoms. The van der Waals surface area contributed by atoms with Gasteiger partial charge in [-0.25, -0.2) is 13.8 Å². The highest BCUT2D eigenvalue weighted by Gasteiger charge is 2.28. The Labute approximate surface area is 131 Å². The molecular weight excluding hydrogens is 314 g/mol. The Morgan fingerprint density at radius 2 is 2.27 bits per heavy atom. The van der Waals surface area contributed by atoms with Gasteiger partial charge in [0.15, 0.2) is 0 Å². The average molecular weight is 329 g/mol. The van der Waals surface area contributed by atoms with E-state index < -0.39 is 12.5 Å². The van der Waals surface area contributed by atoms with Gasteiger partial charge in [-0.05, 0) is 18.2 Å². The number of nitrogens with zero attached hydrogens (tertiary/aromatic N) is 2. The zero-order valence-electron chi connectivity index (χ0n) is 11.7. The smallest absolute Gasteiger partial charge is 0.265 e. The summed E-state index contributed by atoms with van der Waals surface area (Å²) < 4.78 is 35.9. The lowest BCUT2D eigenvalue weighted by atomic mass is 10.2. The molecule has 0 saturated carbocycles. The van der Waals surface area contributed by atoms with E-state index in [1.165, 1.54) is 0 Å². The lowest BCUT2D eigenvalue weighted by Crippen LogP contribution is -2.45. The topological polar surface area (TPSA) is 38.5 Å². The monoisotopic (exact) mass is 328 g/mol. The summed E-state index contributed by atoms with van der Waals surface area (Å²) in [5.41, 5.74) is 1.48. The molecule has 2 heterocycles. The Kier molecular flexibility index (Phi) is 4.71. The first kappa shape index (κ1) is 15.4. The maximum atomic E-state index is 12.7. The molecule has 2 aromatic rings. The minimum Gasteiger partial charge on any atom is -0.444 e. The number of morpholine rings is 1. The molecule has 0 N–H and O–H groups in total. The predicted octanol–water partition coefficient (Wildman–Crippen LogP) is 3.46. The maximum Gasteiger partial charge on any atom is 0.265 e. The maximum absolute atomic E-state index is 12.7. The summed E-state index contributed by atoms with van der Waals surface area (Å²) in [4.78, 5) is 6.28. The van der Waals surface area contributed by atoms with Crippen molar-refractivity contribution in [1.82, 2.24) is 9.88 Å². The van der Waals surface area contributed by atoms with Crippen molar-refractivity contribution in [3.8, 4) is 11.5 Å². The first-order chi connectivity index (χ1) is 10.6. The van der Waals surface area contributed by atoms with Crippen LogP contribution in [0, 0.1) is 0 Å². The Hall–Kier alpha value is -1.50. The summed E-state index contributed by atoms with van der Waals surface area (Å²) >= 11 is 5.94. The van der Waals surface area contributed by atoms with Gasteiger partial charge in [-0.2, -0.15) is 0 Å². The van der Waals surface area contributed by atoms with Gasteiger partial charge in [0.2, 0.25) is 5.89 Å². The fraction of sp³-hybridized carbons (Fsp3) is 0.400. The van der Waals surface area contributed by atoms with Crippen molar-refractivity contribution in [3.05, 3.63) is 41.2 Å².